The van der Waals surface area contributed by atoms with Crippen LogP contribution >= 0.6 is 0 Å². The number of carbonyl (C=O) groups is 2. The van der Waals surface area contributed by atoms with Crippen LogP contribution in [0.25, 0.3) is 0 Å². The molecule has 1 atom stereocenters. The van der Waals surface area contributed by atoms with E-state index < -0.39 is 17.9 Å². The number of nitrogens with two attached hydrogens (primary N) is 1. The van der Waals surface area contributed by atoms with Gasteiger partial charge in [0.15, 0.2) is 0 Å². The number of phenolic OH excluding ortho intramolecular Hbond substituents is 1. The molecule has 1 aliphatic heterocycles. The first-order valence-electron chi connectivity index (χ1n) is 10.2. The number of ether oxygens (including phenoxy) is 2. The van der Waals surface area contributed by atoms with Gasteiger partial charge in [-0.25, -0.2) is 9.59 Å². The van der Waals surface area contributed by atoms with Crippen molar-refractivity contribution in [2.24, 2.45) is 5.73 Å². The maximum atomic E-state index is 13.0. The van der Waals surface area contributed by atoms with E-state index in [4.69, 9.17) is 15.2 Å². The lowest BCUT2D eigenvalue weighted by Crippen LogP contribution is -2.40. The van der Waals surface area contributed by atoms with E-state index in [1.165, 1.54) is 25.2 Å². The maximum Gasteiger partial charge on any atom is 0.355 e. The van der Waals surface area contributed by atoms with Crippen LogP contribution in [0.4, 0.5) is 5.69 Å². The Morgan fingerprint density at radius 1 is 1.09 bits per heavy atom. The summed E-state index contributed by atoms with van der Waals surface area (Å²) < 4.78 is 9.99. The van der Waals surface area contributed by atoms with Gasteiger partial charge in [-0.1, -0.05) is 50.2 Å². The van der Waals surface area contributed by atoms with Crippen LogP contribution < -0.4 is 10.6 Å². The van der Waals surface area contributed by atoms with Crippen LogP contribution in [0.5, 0.6) is 5.75 Å². The predicted octanol–water partition coefficient (Wildman–Crippen LogP) is 3.41. The molecule has 3 N–H and O–H groups in total. The highest BCUT2D eigenvalue weighted by Crippen LogP contribution is 2.44. The zero-order valence-electron chi connectivity index (χ0n) is 18.8. The Kier molecular flexibility index (Phi) is 6.73. The standard InChI is InChI=1S/C25H25N3O5/c1-14(2)17-11-10-16(12-19(17)29)28-22(25(31)33-4)21(24(30)32-3)20(18(13-26)23(28)27)15-8-6-5-7-9-15/h5-12,14,20,29H,27H2,1-4H3. The topological polar surface area (TPSA) is 126 Å². The van der Waals surface area contributed by atoms with Crippen molar-refractivity contribution in [3.8, 4) is 11.8 Å². The molecule has 0 fully saturated rings. The fraction of sp³-hybridized carbons (Fsp3) is 0.240. The van der Waals surface area contributed by atoms with Crippen LogP contribution in [0.15, 0.2) is 71.2 Å². The number of hydrogen-bond acceptors (Lipinski definition) is 8. The average molecular weight is 447 g/mol. The van der Waals surface area contributed by atoms with Gasteiger partial charge in [-0.05, 0) is 23.1 Å². The molecule has 2 aromatic carbocycles. The number of methoxy groups -OCH3 is 2. The Morgan fingerprint density at radius 3 is 2.24 bits per heavy atom. The molecule has 0 aromatic heterocycles. The van der Waals surface area contributed by atoms with E-state index in [1.807, 2.05) is 13.8 Å². The van der Waals surface area contributed by atoms with Gasteiger partial charge in [-0.3, -0.25) is 4.90 Å². The lowest BCUT2D eigenvalue weighted by atomic mass is 9.81. The van der Waals surface area contributed by atoms with Gasteiger partial charge >= 0.3 is 11.9 Å². The predicted molar refractivity (Wildman–Crippen MR) is 122 cm³/mol. The SMILES string of the molecule is COC(=O)C1=C(C(=O)OC)N(c2ccc(C(C)C)c(O)c2)C(N)=C(C#N)C1c1ccccc1. The molecule has 0 aliphatic carbocycles. The molecule has 8 heteroatoms. The number of benzene rings is 2. The van der Waals surface area contributed by atoms with Crippen molar-refractivity contribution < 1.29 is 24.2 Å². The fourth-order valence-electron chi connectivity index (χ4n) is 3.94. The third-order valence-corrected chi connectivity index (χ3v) is 5.50. The Hall–Kier alpha value is -4.25. The zero-order valence-corrected chi connectivity index (χ0v) is 18.8. The van der Waals surface area contributed by atoms with Crippen LogP contribution in [-0.2, 0) is 19.1 Å². The molecule has 33 heavy (non-hydrogen) atoms. The molecule has 0 saturated heterocycles. The van der Waals surface area contributed by atoms with Gasteiger partial charge in [0.1, 0.15) is 17.3 Å². The van der Waals surface area contributed by atoms with Gasteiger partial charge in [0.2, 0.25) is 0 Å². The van der Waals surface area contributed by atoms with E-state index in [-0.39, 0.29) is 40.0 Å². The fourth-order valence-corrected chi connectivity index (χ4v) is 3.94. The molecule has 1 heterocycles. The summed E-state index contributed by atoms with van der Waals surface area (Å²) in [7, 11) is 2.37. The summed E-state index contributed by atoms with van der Waals surface area (Å²) in [5.41, 5.74) is 7.77. The van der Waals surface area contributed by atoms with Crippen molar-refractivity contribution in [3.63, 3.8) is 0 Å². The third-order valence-electron chi connectivity index (χ3n) is 5.50. The molecule has 0 saturated carbocycles. The highest BCUT2D eigenvalue weighted by atomic mass is 16.5. The van der Waals surface area contributed by atoms with Crippen molar-refractivity contribution in [1.29, 1.82) is 5.26 Å². The number of aromatic hydroxyl groups is 1. The van der Waals surface area contributed by atoms with Crippen LogP contribution in [0, 0.1) is 11.3 Å². The molecular formula is C25H25N3O5. The normalized spacial score (nSPS) is 16.0. The molecule has 0 amide bonds. The first-order valence-corrected chi connectivity index (χ1v) is 10.2. The number of nitrogens with zero attached hydrogens (tertiary/aromatic N) is 2. The van der Waals surface area contributed by atoms with E-state index in [0.717, 1.165) is 0 Å². The summed E-state index contributed by atoms with van der Waals surface area (Å²) in [6, 6.07) is 15.6. The number of allylic oxidation sites excluding steroid dienone is 1. The van der Waals surface area contributed by atoms with Crippen molar-refractivity contribution in [1.82, 2.24) is 0 Å². The number of carbonyl (C=O) groups excluding carboxylic acids is 2. The van der Waals surface area contributed by atoms with Gasteiger partial charge in [-0.15, -0.1) is 0 Å². The third kappa shape index (κ3) is 4.13. The highest BCUT2D eigenvalue weighted by Gasteiger charge is 2.43. The van der Waals surface area contributed by atoms with Crippen LogP contribution in [0.3, 0.4) is 0 Å². The van der Waals surface area contributed by atoms with E-state index in [2.05, 4.69) is 6.07 Å². The summed E-state index contributed by atoms with van der Waals surface area (Å²) in [5, 5.41) is 20.6. The molecule has 0 radical (unpaired) electrons. The van der Waals surface area contributed by atoms with Gasteiger partial charge in [0.05, 0.1) is 43.0 Å². The Labute approximate surface area is 192 Å². The summed E-state index contributed by atoms with van der Waals surface area (Å²) in [5.74, 6) is -2.62. The molecule has 3 rings (SSSR count). The van der Waals surface area contributed by atoms with Gasteiger partial charge in [0, 0.05) is 6.07 Å². The second-order valence-electron chi connectivity index (χ2n) is 7.73. The quantitative estimate of drug-likeness (QED) is 0.668. The lowest BCUT2D eigenvalue weighted by molar-refractivity contribution is -0.139. The number of hydrogen-bond donors (Lipinski definition) is 2. The van der Waals surface area contributed by atoms with Crippen molar-refractivity contribution in [3.05, 3.63) is 82.3 Å². The number of phenols is 1. The maximum absolute atomic E-state index is 13.0. The highest BCUT2D eigenvalue weighted by molar-refractivity contribution is 6.06. The number of nitriles is 1. The van der Waals surface area contributed by atoms with Gasteiger partial charge in [0.25, 0.3) is 0 Å². The summed E-state index contributed by atoms with van der Waals surface area (Å²) in [6.07, 6.45) is 0. The first kappa shape index (κ1) is 23.4. The summed E-state index contributed by atoms with van der Waals surface area (Å²) in [6.45, 7) is 3.86. The monoisotopic (exact) mass is 447 g/mol. The molecule has 1 aliphatic rings. The zero-order chi connectivity index (χ0) is 24.3. The van der Waals surface area contributed by atoms with Gasteiger partial charge in [-0.2, -0.15) is 5.26 Å². The molecule has 170 valence electrons. The smallest absolute Gasteiger partial charge is 0.355 e. The van der Waals surface area contributed by atoms with E-state index in [9.17, 15) is 20.0 Å². The molecule has 2 aromatic rings. The Morgan fingerprint density at radius 2 is 1.73 bits per heavy atom. The molecule has 0 spiro atoms. The van der Waals surface area contributed by atoms with Crippen molar-refractivity contribution in [2.45, 2.75) is 25.7 Å². The summed E-state index contributed by atoms with van der Waals surface area (Å²) in [4.78, 5) is 27.3. The van der Waals surface area contributed by atoms with Crippen LogP contribution in [-0.4, -0.2) is 31.3 Å². The lowest BCUT2D eigenvalue weighted by Gasteiger charge is -2.36. The largest absolute Gasteiger partial charge is 0.508 e. The van der Waals surface area contributed by atoms with Crippen LogP contribution in [0.1, 0.15) is 36.8 Å². The Bertz CT molecular complexity index is 1190. The first-order chi connectivity index (χ1) is 15.8. The minimum atomic E-state index is -0.947. The second-order valence-corrected chi connectivity index (χ2v) is 7.73. The van der Waals surface area contributed by atoms with Gasteiger partial charge < -0.3 is 20.3 Å². The molecular weight excluding hydrogens is 422 g/mol. The van der Waals surface area contributed by atoms with Crippen LogP contribution in [0.2, 0.25) is 0 Å². The number of esters is 2. The van der Waals surface area contributed by atoms with Crippen molar-refractivity contribution >= 4 is 17.6 Å². The molecule has 1 unspecified atom stereocenters. The minimum Gasteiger partial charge on any atom is -0.508 e. The number of anilines is 1. The second kappa shape index (κ2) is 9.49. The van der Waals surface area contributed by atoms with E-state index >= 15 is 0 Å². The number of rotatable bonds is 5. The molecule has 0 bridgehead atoms. The Balaban J connectivity index is 2.39. The summed E-state index contributed by atoms with van der Waals surface area (Å²) >= 11 is 0. The minimum absolute atomic E-state index is 0.0113. The van der Waals surface area contributed by atoms with E-state index in [0.29, 0.717) is 11.1 Å². The molecule has 8 nitrogen and oxygen atoms in total. The van der Waals surface area contributed by atoms with E-state index in [1.54, 1.807) is 42.5 Å². The van der Waals surface area contributed by atoms with Crippen molar-refractivity contribution in [2.75, 3.05) is 19.1 Å². The average Bonchev–Trinajstić information content (AvgIpc) is 2.82.